The quantitative estimate of drug-likeness (QED) is 0.794. The summed E-state index contributed by atoms with van der Waals surface area (Å²) in [5.41, 5.74) is 1.84. The van der Waals surface area contributed by atoms with Crippen LogP contribution in [0.2, 0.25) is 5.02 Å². The maximum absolute atomic E-state index is 11.4. The lowest BCUT2D eigenvalue weighted by Crippen LogP contribution is -2.05. The Labute approximate surface area is 99.3 Å². The van der Waals surface area contributed by atoms with Gasteiger partial charge >= 0.3 is 0 Å². The molecule has 1 aromatic carbocycles. The fraction of sp³-hybridized carbons (Fsp3) is 0.231. The molecule has 3 heteroatoms. The topological polar surface area (TPSA) is 30.0 Å². The highest BCUT2D eigenvalue weighted by molar-refractivity contribution is 6.31. The maximum Gasteiger partial charge on any atom is 0.137 e. The molecule has 0 amide bonds. The summed E-state index contributed by atoms with van der Waals surface area (Å²) >= 11 is 5.91. The van der Waals surface area contributed by atoms with Gasteiger partial charge in [0, 0.05) is 22.5 Å². The molecule has 2 rings (SSSR count). The first-order valence-corrected chi connectivity index (χ1v) is 5.52. The van der Waals surface area contributed by atoms with Crippen molar-refractivity contribution in [2.24, 2.45) is 0 Å². The molecule has 0 fully saturated rings. The van der Waals surface area contributed by atoms with E-state index in [2.05, 4.69) is 4.98 Å². The average Bonchev–Trinajstić information content (AvgIpc) is 2.26. The Morgan fingerprint density at radius 1 is 1.38 bits per heavy atom. The summed E-state index contributed by atoms with van der Waals surface area (Å²) in [7, 11) is 0. The molecule has 0 spiro atoms. The molecule has 2 aromatic rings. The Hall–Kier alpha value is -1.41. The lowest BCUT2D eigenvalue weighted by atomic mass is 9.94. The highest BCUT2D eigenvalue weighted by Crippen LogP contribution is 2.26. The molecule has 0 radical (unpaired) electrons. The second-order valence-electron chi connectivity index (χ2n) is 3.89. The number of ketones is 1. The number of carbonyl (C=O) groups excluding carboxylic acids is 1. The zero-order valence-corrected chi connectivity index (χ0v) is 9.95. The Bertz CT molecular complexity index is 551. The molecule has 82 valence electrons. The second-order valence-corrected chi connectivity index (χ2v) is 4.33. The molecule has 0 N–H and O–H groups in total. The number of Topliss-reactive ketones (excluding diaryl/α,β-unsaturated/α-hetero) is 1. The predicted octanol–water partition coefficient (Wildman–Crippen LogP) is 3.58. The first-order valence-electron chi connectivity index (χ1n) is 5.14. The molecule has 0 aliphatic carbocycles. The molecule has 0 bridgehead atoms. The van der Waals surface area contributed by atoms with Crippen molar-refractivity contribution >= 4 is 28.3 Å². The van der Waals surface area contributed by atoms with E-state index in [0.29, 0.717) is 5.02 Å². The predicted molar refractivity (Wildman–Crippen MR) is 65.8 cm³/mol. The van der Waals surface area contributed by atoms with Crippen molar-refractivity contribution < 1.29 is 4.79 Å². The fourth-order valence-electron chi connectivity index (χ4n) is 1.74. The molecule has 2 nitrogen and oxygen atoms in total. The molecule has 0 aliphatic rings. The van der Waals surface area contributed by atoms with Gasteiger partial charge < -0.3 is 0 Å². The fourth-order valence-corrected chi connectivity index (χ4v) is 1.91. The van der Waals surface area contributed by atoms with Gasteiger partial charge in [-0.3, -0.25) is 9.78 Å². The van der Waals surface area contributed by atoms with E-state index in [4.69, 9.17) is 11.6 Å². The Morgan fingerprint density at radius 3 is 2.81 bits per heavy atom. The number of halogens is 1. The van der Waals surface area contributed by atoms with Crippen LogP contribution in [0.15, 0.2) is 30.5 Å². The largest absolute Gasteiger partial charge is 0.299 e. The number of benzene rings is 1. The van der Waals surface area contributed by atoms with Crippen LogP contribution in [0.3, 0.4) is 0 Å². The number of fused-ring (bicyclic) bond motifs is 1. The summed E-state index contributed by atoms with van der Waals surface area (Å²) in [5.74, 6) is 0.0501. The molecular weight excluding hydrogens is 222 g/mol. The average molecular weight is 234 g/mol. The number of carbonyl (C=O) groups is 1. The number of nitrogens with zero attached hydrogens (tertiary/aromatic N) is 1. The van der Waals surface area contributed by atoms with Gasteiger partial charge in [-0.05, 0) is 30.7 Å². The van der Waals surface area contributed by atoms with Crippen molar-refractivity contribution in [3.05, 3.63) is 41.0 Å². The van der Waals surface area contributed by atoms with Gasteiger partial charge in [0.05, 0.1) is 5.52 Å². The lowest BCUT2D eigenvalue weighted by molar-refractivity contribution is -0.118. The van der Waals surface area contributed by atoms with Gasteiger partial charge in [0.25, 0.3) is 0 Å². The standard InChI is InChI=1S/C13H12ClNO/c1-8(9(2)16)11-5-6-15-13-7-10(14)3-4-12(11)13/h3-8H,1-2H3. The minimum atomic E-state index is -0.105. The molecule has 1 atom stereocenters. The Kier molecular flexibility index (Phi) is 2.92. The van der Waals surface area contributed by atoms with Crippen molar-refractivity contribution in [1.29, 1.82) is 0 Å². The molecule has 0 saturated heterocycles. The van der Waals surface area contributed by atoms with Crippen molar-refractivity contribution in [2.45, 2.75) is 19.8 Å². The van der Waals surface area contributed by atoms with Crippen LogP contribution in [-0.4, -0.2) is 10.8 Å². The van der Waals surface area contributed by atoms with Crippen LogP contribution in [-0.2, 0) is 4.79 Å². The molecule has 1 unspecified atom stereocenters. The van der Waals surface area contributed by atoms with Gasteiger partial charge in [-0.2, -0.15) is 0 Å². The van der Waals surface area contributed by atoms with Crippen LogP contribution in [0.25, 0.3) is 10.9 Å². The number of hydrogen-bond donors (Lipinski definition) is 0. The second kappa shape index (κ2) is 4.22. The summed E-state index contributed by atoms with van der Waals surface area (Å²) in [5, 5.41) is 1.65. The minimum Gasteiger partial charge on any atom is -0.299 e. The van der Waals surface area contributed by atoms with E-state index >= 15 is 0 Å². The minimum absolute atomic E-state index is 0.105. The Balaban J connectivity index is 2.66. The van der Waals surface area contributed by atoms with Gasteiger partial charge in [0.2, 0.25) is 0 Å². The summed E-state index contributed by atoms with van der Waals surface area (Å²) in [6.45, 7) is 3.51. The smallest absolute Gasteiger partial charge is 0.137 e. The first kappa shape index (κ1) is 11.1. The van der Waals surface area contributed by atoms with E-state index in [9.17, 15) is 4.79 Å². The van der Waals surface area contributed by atoms with E-state index in [0.717, 1.165) is 16.5 Å². The number of hydrogen-bond acceptors (Lipinski definition) is 2. The van der Waals surface area contributed by atoms with Crippen molar-refractivity contribution in [2.75, 3.05) is 0 Å². The van der Waals surface area contributed by atoms with Crippen LogP contribution < -0.4 is 0 Å². The third-order valence-electron chi connectivity index (χ3n) is 2.81. The van der Waals surface area contributed by atoms with Gasteiger partial charge in [0.1, 0.15) is 5.78 Å². The van der Waals surface area contributed by atoms with Gasteiger partial charge in [-0.15, -0.1) is 0 Å². The van der Waals surface area contributed by atoms with Crippen LogP contribution in [0.4, 0.5) is 0 Å². The van der Waals surface area contributed by atoms with Crippen molar-refractivity contribution in [1.82, 2.24) is 4.98 Å². The zero-order chi connectivity index (χ0) is 11.7. The Morgan fingerprint density at radius 2 is 2.12 bits per heavy atom. The highest BCUT2D eigenvalue weighted by Gasteiger charge is 2.13. The van der Waals surface area contributed by atoms with E-state index in [1.54, 1.807) is 13.1 Å². The molecular formula is C13H12ClNO. The highest BCUT2D eigenvalue weighted by atomic mass is 35.5. The van der Waals surface area contributed by atoms with E-state index in [-0.39, 0.29) is 11.7 Å². The summed E-state index contributed by atoms with van der Waals surface area (Å²) < 4.78 is 0. The molecule has 1 aromatic heterocycles. The molecule has 0 aliphatic heterocycles. The SMILES string of the molecule is CC(=O)C(C)c1ccnc2cc(Cl)ccc12. The maximum atomic E-state index is 11.4. The number of pyridine rings is 1. The molecule has 0 saturated carbocycles. The summed E-state index contributed by atoms with van der Waals surface area (Å²) in [6, 6.07) is 7.44. The lowest BCUT2D eigenvalue weighted by Gasteiger charge is -2.11. The summed E-state index contributed by atoms with van der Waals surface area (Å²) in [6.07, 6.45) is 1.72. The third-order valence-corrected chi connectivity index (χ3v) is 3.05. The first-order chi connectivity index (χ1) is 7.59. The van der Waals surface area contributed by atoms with Crippen LogP contribution in [0.1, 0.15) is 25.3 Å². The van der Waals surface area contributed by atoms with E-state index < -0.39 is 0 Å². The van der Waals surface area contributed by atoms with Gasteiger partial charge in [0.15, 0.2) is 0 Å². The van der Waals surface area contributed by atoms with Crippen molar-refractivity contribution in [3.63, 3.8) is 0 Å². The van der Waals surface area contributed by atoms with E-state index in [1.165, 1.54) is 0 Å². The molecule has 16 heavy (non-hydrogen) atoms. The van der Waals surface area contributed by atoms with Gasteiger partial charge in [-0.1, -0.05) is 24.6 Å². The normalized spacial score (nSPS) is 12.7. The van der Waals surface area contributed by atoms with E-state index in [1.807, 2.05) is 31.2 Å². The third kappa shape index (κ3) is 1.93. The van der Waals surface area contributed by atoms with Crippen LogP contribution in [0.5, 0.6) is 0 Å². The van der Waals surface area contributed by atoms with Crippen LogP contribution >= 0.6 is 11.6 Å². The molecule has 1 heterocycles. The van der Waals surface area contributed by atoms with Gasteiger partial charge in [-0.25, -0.2) is 0 Å². The number of aromatic nitrogens is 1. The summed E-state index contributed by atoms with van der Waals surface area (Å²) in [4.78, 5) is 15.7. The monoisotopic (exact) mass is 233 g/mol. The zero-order valence-electron chi connectivity index (χ0n) is 9.20. The van der Waals surface area contributed by atoms with Crippen LogP contribution in [0, 0.1) is 0 Å². The number of rotatable bonds is 2. The van der Waals surface area contributed by atoms with Crippen molar-refractivity contribution in [3.8, 4) is 0 Å².